The Morgan fingerprint density at radius 1 is 1.12 bits per heavy atom. The molecule has 1 saturated heterocycles. The standard InChI is InChI=1S/C25H32FN3O3/c1-31-23-11-14-29-17-19(23)7-4-5-13-28(18-22-21(26)9-6-12-27-22)15-16-32-24-10-3-2-8-20(24)25(29)30/h2-3,6,8-10,12,19,23H,4-5,7,11,13-18H2,1H3/t19-,23+/m0/s1. The number of halogens is 1. The van der Waals surface area contributed by atoms with Crippen LogP contribution in [-0.4, -0.2) is 66.7 Å². The molecule has 4 rings (SSSR count). The lowest BCUT2D eigenvalue weighted by molar-refractivity contribution is -0.00703. The topological polar surface area (TPSA) is 54.9 Å². The van der Waals surface area contributed by atoms with Crippen molar-refractivity contribution >= 4 is 5.91 Å². The van der Waals surface area contributed by atoms with Gasteiger partial charge >= 0.3 is 0 Å². The minimum absolute atomic E-state index is 0.0182. The number of ether oxygens (including phenoxy) is 2. The van der Waals surface area contributed by atoms with E-state index in [1.807, 2.05) is 29.2 Å². The molecule has 2 aliphatic heterocycles. The Kier molecular flexibility index (Phi) is 7.71. The molecule has 0 radical (unpaired) electrons. The molecule has 172 valence electrons. The van der Waals surface area contributed by atoms with E-state index in [0.717, 1.165) is 32.2 Å². The number of nitrogens with zero attached hydrogens (tertiary/aromatic N) is 3. The van der Waals surface area contributed by atoms with Crippen LogP contribution in [0.2, 0.25) is 0 Å². The number of hydrogen-bond acceptors (Lipinski definition) is 5. The fraction of sp³-hybridized carbons (Fsp3) is 0.520. The second-order valence-corrected chi connectivity index (χ2v) is 8.62. The summed E-state index contributed by atoms with van der Waals surface area (Å²) < 4.78 is 26.0. The zero-order chi connectivity index (χ0) is 22.3. The molecule has 0 spiro atoms. The molecule has 0 aliphatic carbocycles. The molecule has 0 unspecified atom stereocenters. The number of fused-ring (bicyclic) bond motifs is 3. The number of amides is 1. The number of para-hydroxylation sites is 1. The number of benzene rings is 1. The SMILES string of the molecule is CO[C@@H]1CCN2C[C@@H]1CCCCN(Cc1ncccc1F)CCOc1ccccc1C2=O. The van der Waals surface area contributed by atoms with Gasteiger partial charge < -0.3 is 14.4 Å². The lowest BCUT2D eigenvalue weighted by atomic mass is 9.89. The number of carbonyl (C=O) groups excluding carboxylic acids is 1. The smallest absolute Gasteiger partial charge is 0.257 e. The zero-order valence-corrected chi connectivity index (χ0v) is 18.7. The lowest BCUT2D eigenvalue weighted by Crippen LogP contribution is -2.46. The van der Waals surface area contributed by atoms with Crippen molar-refractivity contribution in [2.24, 2.45) is 5.92 Å². The van der Waals surface area contributed by atoms with Crippen molar-refractivity contribution in [3.8, 4) is 5.75 Å². The normalized spacial score (nSPS) is 23.2. The molecule has 6 nitrogen and oxygen atoms in total. The van der Waals surface area contributed by atoms with Crippen molar-refractivity contribution in [3.05, 3.63) is 59.7 Å². The number of carbonyl (C=O) groups is 1. The average Bonchev–Trinajstić information content (AvgIpc) is 2.82. The van der Waals surface area contributed by atoms with E-state index in [-0.39, 0.29) is 17.8 Å². The number of rotatable bonds is 3. The van der Waals surface area contributed by atoms with Gasteiger partial charge in [-0.25, -0.2) is 4.39 Å². The van der Waals surface area contributed by atoms with Gasteiger partial charge in [-0.05, 0) is 50.1 Å². The van der Waals surface area contributed by atoms with Crippen LogP contribution < -0.4 is 4.74 Å². The molecule has 2 aromatic rings. The molecule has 3 heterocycles. The van der Waals surface area contributed by atoms with Gasteiger partial charge in [0, 0.05) is 45.4 Å². The maximum absolute atomic E-state index is 14.2. The quantitative estimate of drug-likeness (QED) is 0.726. The number of hydrogen-bond donors (Lipinski definition) is 0. The third-order valence-corrected chi connectivity index (χ3v) is 6.54. The highest BCUT2D eigenvalue weighted by Gasteiger charge is 2.32. The molecule has 1 aromatic carbocycles. The predicted molar refractivity (Wildman–Crippen MR) is 120 cm³/mol. The van der Waals surface area contributed by atoms with E-state index in [0.29, 0.717) is 55.7 Å². The number of pyridine rings is 1. The van der Waals surface area contributed by atoms with E-state index in [9.17, 15) is 9.18 Å². The van der Waals surface area contributed by atoms with E-state index < -0.39 is 0 Å². The first-order valence-corrected chi connectivity index (χ1v) is 11.5. The van der Waals surface area contributed by atoms with Crippen LogP contribution in [0.25, 0.3) is 0 Å². The summed E-state index contributed by atoms with van der Waals surface area (Å²) >= 11 is 0. The molecule has 1 aromatic heterocycles. The van der Waals surface area contributed by atoms with Crippen molar-refractivity contribution in [1.82, 2.24) is 14.8 Å². The van der Waals surface area contributed by atoms with E-state index >= 15 is 0 Å². The van der Waals surface area contributed by atoms with E-state index in [1.54, 1.807) is 19.4 Å². The van der Waals surface area contributed by atoms with Crippen molar-refractivity contribution < 1.29 is 18.7 Å². The summed E-state index contributed by atoms with van der Waals surface area (Å²) in [5.41, 5.74) is 1.05. The van der Waals surface area contributed by atoms with Gasteiger partial charge in [-0.3, -0.25) is 14.7 Å². The van der Waals surface area contributed by atoms with Crippen LogP contribution in [0.4, 0.5) is 4.39 Å². The highest BCUT2D eigenvalue weighted by Crippen LogP contribution is 2.28. The Labute approximate surface area is 189 Å². The Balaban J connectivity index is 1.54. The first-order chi connectivity index (χ1) is 15.7. The molecule has 2 atom stereocenters. The minimum atomic E-state index is -0.283. The summed E-state index contributed by atoms with van der Waals surface area (Å²) in [6.07, 6.45) is 5.68. The predicted octanol–water partition coefficient (Wildman–Crippen LogP) is 3.76. The van der Waals surface area contributed by atoms with Gasteiger partial charge in [-0.2, -0.15) is 0 Å². The number of methoxy groups -OCH3 is 1. The summed E-state index contributed by atoms with van der Waals surface area (Å²) in [6.45, 7) is 3.74. The summed E-state index contributed by atoms with van der Waals surface area (Å²) in [6, 6.07) is 10.5. The third-order valence-electron chi connectivity index (χ3n) is 6.54. The average molecular weight is 442 g/mol. The van der Waals surface area contributed by atoms with Crippen molar-refractivity contribution in [1.29, 1.82) is 0 Å². The van der Waals surface area contributed by atoms with E-state index in [4.69, 9.17) is 9.47 Å². The lowest BCUT2D eigenvalue weighted by Gasteiger charge is -2.38. The van der Waals surface area contributed by atoms with E-state index in [2.05, 4.69) is 9.88 Å². The Bertz CT molecular complexity index is 910. The molecule has 2 bridgehead atoms. The van der Waals surface area contributed by atoms with Crippen LogP contribution in [0.1, 0.15) is 41.7 Å². The fourth-order valence-electron chi connectivity index (χ4n) is 4.77. The molecule has 1 fully saturated rings. The molecular weight excluding hydrogens is 409 g/mol. The van der Waals surface area contributed by atoms with Crippen LogP contribution in [0.15, 0.2) is 42.6 Å². The Morgan fingerprint density at radius 3 is 2.84 bits per heavy atom. The summed E-state index contributed by atoms with van der Waals surface area (Å²) in [5.74, 6) is 0.651. The maximum Gasteiger partial charge on any atom is 0.257 e. The number of aromatic nitrogens is 1. The molecule has 0 saturated carbocycles. The van der Waals surface area contributed by atoms with Crippen LogP contribution in [-0.2, 0) is 11.3 Å². The molecular formula is C25H32FN3O3. The van der Waals surface area contributed by atoms with Gasteiger partial charge in [0.1, 0.15) is 18.2 Å². The highest BCUT2D eigenvalue weighted by molar-refractivity contribution is 5.97. The zero-order valence-electron chi connectivity index (χ0n) is 18.7. The van der Waals surface area contributed by atoms with Gasteiger partial charge in [-0.15, -0.1) is 0 Å². The van der Waals surface area contributed by atoms with Crippen LogP contribution in [0.3, 0.4) is 0 Å². The molecule has 7 heteroatoms. The second kappa shape index (κ2) is 10.9. The van der Waals surface area contributed by atoms with Crippen molar-refractivity contribution in [2.75, 3.05) is 39.9 Å². The minimum Gasteiger partial charge on any atom is -0.491 e. The monoisotopic (exact) mass is 441 g/mol. The molecule has 2 aliphatic rings. The number of piperidine rings is 1. The Hall–Kier alpha value is -2.51. The summed E-state index contributed by atoms with van der Waals surface area (Å²) in [5, 5.41) is 0. The van der Waals surface area contributed by atoms with Gasteiger partial charge in [-0.1, -0.05) is 18.6 Å². The first kappa shape index (κ1) is 22.7. The molecule has 0 N–H and O–H groups in total. The van der Waals surface area contributed by atoms with Crippen LogP contribution >= 0.6 is 0 Å². The van der Waals surface area contributed by atoms with E-state index in [1.165, 1.54) is 6.07 Å². The maximum atomic E-state index is 14.2. The summed E-state index contributed by atoms with van der Waals surface area (Å²) in [7, 11) is 1.76. The van der Waals surface area contributed by atoms with Crippen molar-refractivity contribution in [3.63, 3.8) is 0 Å². The van der Waals surface area contributed by atoms with Gasteiger partial charge in [0.2, 0.25) is 0 Å². The second-order valence-electron chi connectivity index (χ2n) is 8.62. The third kappa shape index (κ3) is 5.45. The molecule has 1 amide bonds. The summed E-state index contributed by atoms with van der Waals surface area (Å²) in [4.78, 5) is 21.6. The van der Waals surface area contributed by atoms with Crippen molar-refractivity contribution in [2.45, 2.75) is 38.3 Å². The van der Waals surface area contributed by atoms with Gasteiger partial charge in [0.05, 0.1) is 17.4 Å². The fourth-order valence-corrected chi connectivity index (χ4v) is 4.77. The highest BCUT2D eigenvalue weighted by atomic mass is 19.1. The molecule has 32 heavy (non-hydrogen) atoms. The Morgan fingerprint density at radius 2 is 2.00 bits per heavy atom. The van der Waals surface area contributed by atoms with Crippen LogP contribution in [0, 0.1) is 11.7 Å². The van der Waals surface area contributed by atoms with Gasteiger partial charge in [0.25, 0.3) is 5.91 Å². The first-order valence-electron chi connectivity index (χ1n) is 11.5. The van der Waals surface area contributed by atoms with Crippen LogP contribution in [0.5, 0.6) is 5.75 Å². The van der Waals surface area contributed by atoms with Gasteiger partial charge in [0.15, 0.2) is 0 Å². The largest absolute Gasteiger partial charge is 0.491 e.